The molecule has 1 nitrogen and oxygen atoms in total. The standard InChI is InChI=1S/C9H13NS/c1-3-4-5-6-9-7-10-8(2)11-9/h3-6,8,10H,1,7H2,2H3/b5-4-,9-6+/t8-/m1/s1. The van der Waals surface area contributed by atoms with Crippen molar-refractivity contribution in [3.05, 3.63) is 35.8 Å². The Morgan fingerprint density at radius 3 is 3.00 bits per heavy atom. The van der Waals surface area contributed by atoms with Crippen LogP contribution in [-0.4, -0.2) is 11.9 Å². The summed E-state index contributed by atoms with van der Waals surface area (Å²) in [5, 5.41) is 3.90. The number of thioether (sulfide) groups is 1. The summed E-state index contributed by atoms with van der Waals surface area (Å²) < 4.78 is 0. The van der Waals surface area contributed by atoms with Gasteiger partial charge in [-0.1, -0.05) is 30.9 Å². The first kappa shape index (κ1) is 8.62. The van der Waals surface area contributed by atoms with Gasteiger partial charge in [-0.3, -0.25) is 0 Å². The third-order valence-electron chi connectivity index (χ3n) is 1.42. The van der Waals surface area contributed by atoms with Crippen molar-refractivity contribution in [3.63, 3.8) is 0 Å². The molecule has 60 valence electrons. The van der Waals surface area contributed by atoms with Gasteiger partial charge in [-0.2, -0.15) is 0 Å². The van der Waals surface area contributed by atoms with Gasteiger partial charge in [-0.15, -0.1) is 11.8 Å². The lowest BCUT2D eigenvalue weighted by Gasteiger charge is -1.94. The molecule has 0 bridgehead atoms. The third-order valence-corrected chi connectivity index (χ3v) is 2.52. The molecule has 0 spiro atoms. The number of hydrogen-bond donors (Lipinski definition) is 1. The second kappa shape index (κ2) is 4.42. The van der Waals surface area contributed by atoms with E-state index >= 15 is 0 Å². The van der Waals surface area contributed by atoms with E-state index in [9.17, 15) is 0 Å². The number of hydrogen-bond acceptors (Lipinski definition) is 2. The highest BCUT2D eigenvalue weighted by molar-refractivity contribution is 8.03. The third kappa shape index (κ3) is 2.95. The van der Waals surface area contributed by atoms with Gasteiger partial charge in [0.1, 0.15) is 0 Å². The van der Waals surface area contributed by atoms with Gasteiger partial charge in [0.25, 0.3) is 0 Å². The van der Waals surface area contributed by atoms with Crippen LogP contribution in [0.1, 0.15) is 6.92 Å². The summed E-state index contributed by atoms with van der Waals surface area (Å²) in [4.78, 5) is 1.40. The van der Waals surface area contributed by atoms with Crippen molar-refractivity contribution in [2.75, 3.05) is 6.54 Å². The van der Waals surface area contributed by atoms with Crippen LogP contribution in [0.15, 0.2) is 35.8 Å². The predicted molar refractivity (Wildman–Crippen MR) is 52.5 cm³/mol. The molecule has 0 aliphatic carbocycles. The van der Waals surface area contributed by atoms with Crippen molar-refractivity contribution in [1.29, 1.82) is 0 Å². The Morgan fingerprint density at radius 1 is 1.64 bits per heavy atom. The van der Waals surface area contributed by atoms with Gasteiger partial charge >= 0.3 is 0 Å². The van der Waals surface area contributed by atoms with Gasteiger partial charge in [0.2, 0.25) is 0 Å². The van der Waals surface area contributed by atoms with Gasteiger partial charge < -0.3 is 5.32 Å². The van der Waals surface area contributed by atoms with Crippen molar-refractivity contribution in [1.82, 2.24) is 5.32 Å². The minimum atomic E-state index is 0.568. The molecule has 11 heavy (non-hydrogen) atoms. The topological polar surface area (TPSA) is 12.0 Å². The van der Waals surface area contributed by atoms with Crippen LogP contribution < -0.4 is 5.32 Å². The molecule has 1 aliphatic rings. The van der Waals surface area contributed by atoms with E-state index in [2.05, 4.69) is 24.9 Å². The maximum absolute atomic E-state index is 3.60. The highest BCUT2D eigenvalue weighted by atomic mass is 32.2. The molecule has 1 atom stereocenters. The molecule has 0 saturated carbocycles. The Kier molecular flexibility index (Phi) is 3.46. The Balaban J connectivity index is 2.41. The Hall–Kier alpha value is -0.470. The van der Waals surface area contributed by atoms with Crippen LogP contribution in [0.4, 0.5) is 0 Å². The predicted octanol–water partition coefficient (Wildman–Crippen LogP) is 2.29. The first-order chi connectivity index (χ1) is 5.33. The van der Waals surface area contributed by atoms with E-state index in [0.717, 1.165) is 6.54 Å². The highest BCUT2D eigenvalue weighted by Crippen LogP contribution is 2.25. The summed E-state index contributed by atoms with van der Waals surface area (Å²) in [5.74, 6) is 0. The molecule has 1 heterocycles. The van der Waals surface area contributed by atoms with Crippen molar-refractivity contribution in [3.8, 4) is 0 Å². The van der Waals surface area contributed by atoms with E-state index in [1.807, 2.05) is 23.9 Å². The van der Waals surface area contributed by atoms with E-state index in [4.69, 9.17) is 0 Å². The molecule has 0 amide bonds. The van der Waals surface area contributed by atoms with Crippen molar-refractivity contribution >= 4 is 11.8 Å². The fraction of sp³-hybridized carbons (Fsp3) is 0.333. The van der Waals surface area contributed by atoms with Gasteiger partial charge in [0, 0.05) is 11.4 Å². The van der Waals surface area contributed by atoms with E-state index in [1.165, 1.54) is 4.91 Å². The molecule has 0 unspecified atom stereocenters. The smallest absolute Gasteiger partial charge is 0.0550 e. The van der Waals surface area contributed by atoms with E-state index in [-0.39, 0.29) is 0 Å². The van der Waals surface area contributed by atoms with Crippen molar-refractivity contribution in [2.45, 2.75) is 12.3 Å². The molecule has 1 fully saturated rings. The monoisotopic (exact) mass is 167 g/mol. The zero-order valence-corrected chi connectivity index (χ0v) is 7.53. The van der Waals surface area contributed by atoms with Crippen molar-refractivity contribution in [2.24, 2.45) is 0 Å². The summed E-state index contributed by atoms with van der Waals surface area (Å²) in [6.07, 6.45) is 7.88. The van der Waals surface area contributed by atoms with Crippen LogP contribution in [0.25, 0.3) is 0 Å². The van der Waals surface area contributed by atoms with Crippen LogP contribution in [0.5, 0.6) is 0 Å². The molecular weight excluding hydrogens is 154 g/mol. The fourth-order valence-electron chi connectivity index (χ4n) is 0.894. The molecule has 0 aromatic heterocycles. The maximum Gasteiger partial charge on any atom is 0.0550 e. The lowest BCUT2D eigenvalue weighted by atomic mass is 10.4. The number of rotatable bonds is 2. The zero-order valence-electron chi connectivity index (χ0n) is 6.71. The highest BCUT2D eigenvalue weighted by Gasteiger charge is 2.12. The second-order valence-electron chi connectivity index (χ2n) is 2.39. The minimum absolute atomic E-state index is 0.568. The summed E-state index contributed by atoms with van der Waals surface area (Å²) >= 11 is 1.88. The van der Waals surface area contributed by atoms with Gasteiger partial charge in [0.15, 0.2) is 0 Å². The summed E-state index contributed by atoms with van der Waals surface area (Å²) in [7, 11) is 0. The van der Waals surface area contributed by atoms with Crippen LogP contribution in [-0.2, 0) is 0 Å². The normalized spacial score (nSPS) is 28.5. The largest absolute Gasteiger partial charge is 0.301 e. The fourth-order valence-corrected chi connectivity index (χ4v) is 1.84. The Morgan fingerprint density at radius 2 is 2.45 bits per heavy atom. The van der Waals surface area contributed by atoms with Crippen LogP contribution >= 0.6 is 11.8 Å². The molecule has 1 aliphatic heterocycles. The molecule has 1 rings (SSSR count). The molecule has 0 aromatic rings. The molecule has 2 heteroatoms. The van der Waals surface area contributed by atoms with E-state index < -0.39 is 0 Å². The van der Waals surface area contributed by atoms with E-state index in [1.54, 1.807) is 6.08 Å². The Bertz CT molecular complexity index is 194. The second-order valence-corrected chi connectivity index (χ2v) is 3.86. The molecule has 1 N–H and O–H groups in total. The maximum atomic E-state index is 3.60. The zero-order chi connectivity index (χ0) is 8.10. The van der Waals surface area contributed by atoms with Gasteiger partial charge in [-0.25, -0.2) is 0 Å². The SMILES string of the molecule is C=C/C=C\C=C1/CN[C@@H](C)S1. The lowest BCUT2D eigenvalue weighted by molar-refractivity contribution is 0.775. The number of nitrogens with one attached hydrogen (secondary N) is 1. The first-order valence-corrected chi connectivity index (χ1v) is 4.59. The van der Waals surface area contributed by atoms with Crippen LogP contribution in [0.2, 0.25) is 0 Å². The van der Waals surface area contributed by atoms with Gasteiger partial charge in [-0.05, 0) is 6.92 Å². The average Bonchev–Trinajstić information content (AvgIpc) is 2.37. The van der Waals surface area contributed by atoms with Crippen molar-refractivity contribution < 1.29 is 0 Å². The van der Waals surface area contributed by atoms with Gasteiger partial charge in [0.05, 0.1) is 5.37 Å². The van der Waals surface area contributed by atoms with E-state index in [0.29, 0.717) is 5.37 Å². The number of allylic oxidation sites excluding steroid dienone is 4. The first-order valence-electron chi connectivity index (χ1n) is 3.71. The summed E-state index contributed by atoms with van der Waals surface area (Å²) in [6, 6.07) is 0. The molecule has 0 aromatic carbocycles. The van der Waals surface area contributed by atoms with Crippen LogP contribution in [0, 0.1) is 0 Å². The van der Waals surface area contributed by atoms with Crippen LogP contribution in [0.3, 0.4) is 0 Å². The average molecular weight is 167 g/mol. The molecule has 1 saturated heterocycles. The molecule has 0 radical (unpaired) electrons. The summed E-state index contributed by atoms with van der Waals surface area (Å²) in [6.45, 7) is 6.78. The lowest BCUT2D eigenvalue weighted by Crippen LogP contribution is -2.14. The molecular formula is C9H13NS. The Labute approximate surface area is 72.3 Å². The minimum Gasteiger partial charge on any atom is -0.301 e. The summed E-state index contributed by atoms with van der Waals surface area (Å²) in [5.41, 5.74) is 0. The quantitative estimate of drug-likeness (QED) is 0.633.